The van der Waals surface area contributed by atoms with Gasteiger partial charge in [-0.3, -0.25) is 0 Å². The number of rotatable bonds is 1. The second-order valence-corrected chi connectivity index (χ2v) is 3.62. The maximum atomic E-state index is 13.1. The van der Waals surface area contributed by atoms with Gasteiger partial charge < -0.3 is 0 Å². The quantitative estimate of drug-likeness (QED) is 0.614. The maximum absolute atomic E-state index is 13.1. The van der Waals surface area contributed by atoms with Crippen LogP contribution in [0.15, 0.2) is 5.38 Å². The Kier molecular flexibility index (Phi) is 1.77. The molecule has 1 aromatic rings. The molecule has 0 spiro atoms. The van der Waals surface area contributed by atoms with Gasteiger partial charge in [-0.2, -0.15) is 0 Å². The number of hydrogen-bond acceptors (Lipinski definition) is 2. The molecule has 1 rings (SSSR count). The molecule has 0 fully saturated rings. The van der Waals surface area contributed by atoms with Gasteiger partial charge in [0.2, 0.25) is 0 Å². The lowest BCUT2D eigenvalue weighted by molar-refractivity contribution is 0.220. The van der Waals surface area contributed by atoms with Crippen LogP contribution in [0.5, 0.6) is 0 Å². The average molecular weight is 159 g/mol. The van der Waals surface area contributed by atoms with Gasteiger partial charge in [-0.15, -0.1) is 11.3 Å². The molecule has 1 heterocycles. The molecule has 0 radical (unpaired) electrons. The predicted molar refractivity (Wildman–Crippen MR) is 41.0 cm³/mol. The van der Waals surface area contributed by atoms with E-state index in [1.807, 2.05) is 12.3 Å². The minimum Gasteiger partial charge on any atom is -0.243 e. The molecule has 1 nitrogen and oxygen atoms in total. The van der Waals surface area contributed by atoms with E-state index in [2.05, 4.69) is 4.98 Å². The third-order valence-corrected chi connectivity index (χ3v) is 2.39. The largest absolute Gasteiger partial charge is 0.243 e. The highest BCUT2D eigenvalue weighted by atomic mass is 32.1. The van der Waals surface area contributed by atoms with Crippen LogP contribution in [0.2, 0.25) is 0 Å². The Hall–Kier alpha value is -0.440. The Balaban J connectivity index is 2.96. The van der Waals surface area contributed by atoms with Gasteiger partial charge in [-0.25, -0.2) is 9.37 Å². The van der Waals surface area contributed by atoms with E-state index < -0.39 is 5.67 Å². The Morgan fingerprint density at radius 2 is 2.20 bits per heavy atom. The third-order valence-electron chi connectivity index (χ3n) is 1.13. The number of hydrogen-bond donors (Lipinski definition) is 0. The van der Waals surface area contributed by atoms with Gasteiger partial charge in [0, 0.05) is 11.1 Å². The van der Waals surface area contributed by atoms with Crippen LogP contribution in [0.3, 0.4) is 0 Å². The minimum absolute atomic E-state index is 0.560. The summed E-state index contributed by atoms with van der Waals surface area (Å²) in [7, 11) is 0. The maximum Gasteiger partial charge on any atom is 0.156 e. The average Bonchev–Trinajstić information content (AvgIpc) is 2.11. The van der Waals surface area contributed by atoms with Crippen LogP contribution in [0, 0.1) is 6.92 Å². The zero-order valence-electron chi connectivity index (χ0n) is 6.31. The van der Waals surface area contributed by atoms with Gasteiger partial charge in [-0.1, -0.05) is 0 Å². The van der Waals surface area contributed by atoms with Gasteiger partial charge >= 0.3 is 0 Å². The van der Waals surface area contributed by atoms with Crippen molar-refractivity contribution in [2.75, 3.05) is 0 Å². The minimum atomic E-state index is -1.28. The highest BCUT2D eigenvalue weighted by Gasteiger charge is 2.21. The van der Waals surface area contributed by atoms with Gasteiger partial charge in [0.25, 0.3) is 0 Å². The zero-order valence-corrected chi connectivity index (χ0v) is 7.13. The van der Waals surface area contributed by atoms with E-state index in [0.29, 0.717) is 5.01 Å². The second kappa shape index (κ2) is 2.31. The molecule has 56 valence electrons. The molecule has 0 aliphatic rings. The van der Waals surface area contributed by atoms with Crippen LogP contribution in [-0.4, -0.2) is 4.98 Å². The first-order chi connectivity index (χ1) is 4.50. The van der Waals surface area contributed by atoms with E-state index in [9.17, 15) is 4.39 Å². The normalized spacial score (nSPS) is 12.0. The Morgan fingerprint density at radius 3 is 2.40 bits per heavy atom. The Morgan fingerprint density at radius 1 is 1.60 bits per heavy atom. The molecule has 3 heteroatoms. The molecular formula is C7H10FNS. The molecular weight excluding hydrogens is 149 g/mol. The summed E-state index contributed by atoms with van der Waals surface area (Å²) in [4.78, 5) is 4.03. The fraction of sp³-hybridized carbons (Fsp3) is 0.571. The lowest BCUT2D eigenvalue weighted by Gasteiger charge is -2.08. The molecule has 0 aliphatic carbocycles. The van der Waals surface area contributed by atoms with E-state index in [0.717, 1.165) is 5.69 Å². The van der Waals surface area contributed by atoms with Crippen LogP contribution in [-0.2, 0) is 5.67 Å². The summed E-state index contributed by atoms with van der Waals surface area (Å²) >= 11 is 1.37. The Bertz CT molecular complexity index is 224. The van der Waals surface area contributed by atoms with Crippen molar-refractivity contribution in [1.82, 2.24) is 4.98 Å². The first-order valence-corrected chi connectivity index (χ1v) is 3.99. The number of thiazole rings is 1. The first kappa shape index (κ1) is 7.66. The first-order valence-electron chi connectivity index (χ1n) is 3.11. The monoisotopic (exact) mass is 159 g/mol. The van der Waals surface area contributed by atoms with E-state index in [1.54, 1.807) is 0 Å². The summed E-state index contributed by atoms with van der Waals surface area (Å²) in [5.41, 5.74) is -0.385. The molecule has 10 heavy (non-hydrogen) atoms. The number of halogens is 1. The molecule has 0 aliphatic heterocycles. The predicted octanol–water partition coefficient (Wildman–Crippen LogP) is 2.66. The van der Waals surface area contributed by atoms with Gasteiger partial charge in [0.1, 0.15) is 5.01 Å². The number of nitrogens with zero attached hydrogens (tertiary/aromatic N) is 1. The zero-order chi connectivity index (χ0) is 7.78. The smallest absolute Gasteiger partial charge is 0.156 e. The molecule has 1 aromatic heterocycles. The van der Waals surface area contributed by atoms with Crippen molar-refractivity contribution in [1.29, 1.82) is 0 Å². The highest BCUT2D eigenvalue weighted by molar-refractivity contribution is 7.09. The lowest BCUT2D eigenvalue weighted by atomic mass is 10.2. The van der Waals surface area contributed by atoms with Crippen molar-refractivity contribution in [3.05, 3.63) is 16.1 Å². The third kappa shape index (κ3) is 1.53. The van der Waals surface area contributed by atoms with E-state index in [4.69, 9.17) is 0 Å². The number of alkyl halides is 1. The van der Waals surface area contributed by atoms with Crippen molar-refractivity contribution in [2.24, 2.45) is 0 Å². The number of aryl methyl sites for hydroxylation is 1. The van der Waals surface area contributed by atoms with Gasteiger partial charge in [0.15, 0.2) is 5.67 Å². The SMILES string of the molecule is Cc1csc(C(C)(C)F)n1. The topological polar surface area (TPSA) is 12.9 Å². The van der Waals surface area contributed by atoms with Crippen molar-refractivity contribution in [3.8, 4) is 0 Å². The van der Waals surface area contributed by atoms with Crippen LogP contribution >= 0.6 is 11.3 Å². The highest BCUT2D eigenvalue weighted by Crippen LogP contribution is 2.26. The summed E-state index contributed by atoms with van der Waals surface area (Å²) in [5.74, 6) is 0. The van der Waals surface area contributed by atoms with Gasteiger partial charge in [0.05, 0.1) is 0 Å². The lowest BCUT2D eigenvalue weighted by Crippen LogP contribution is -2.07. The van der Waals surface area contributed by atoms with Crippen LogP contribution in [0.25, 0.3) is 0 Å². The molecule has 0 unspecified atom stereocenters. The molecule has 0 aromatic carbocycles. The van der Waals surface area contributed by atoms with Gasteiger partial charge in [-0.05, 0) is 20.8 Å². The molecule has 0 N–H and O–H groups in total. The second-order valence-electron chi connectivity index (χ2n) is 2.77. The van der Waals surface area contributed by atoms with Crippen molar-refractivity contribution < 1.29 is 4.39 Å². The van der Waals surface area contributed by atoms with E-state index in [-0.39, 0.29) is 0 Å². The summed E-state index contributed by atoms with van der Waals surface area (Å²) in [6.45, 7) is 4.91. The molecule has 0 atom stereocenters. The molecule has 0 saturated carbocycles. The fourth-order valence-corrected chi connectivity index (χ4v) is 1.44. The van der Waals surface area contributed by atoms with Crippen LogP contribution < -0.4 is 0 Å². The van der Waals surface area contributed by atoms with E-state index in [1.165, 1.54) is 25.2 Å². The fourth-order valence-electron chi connectivity index (χ4n) is 0.627. The van der Waals surface area contributed by atoms with Crippen LogP contribution in [0.4, 0.5) is 4.39 Å². The Labute approximate surface area is 63.9 Å². The van der Waals surface area contributed by atoms with Crippen molar-refractivity contribution in [3.63, 3.8) is 0 Å². The molecule has 0 saturated heterocycles. The summed E-state index contributed by atoms with van der Waals surface area (Å²) in [6.07, 6.45) is 0. The van der Waals surface area contributed by atoms with Crippen LogP contribution in [0.1, 0.15) is 24.5 Å². The summed E-state index contributed by atoms with van der Waals surface area (Å²) < 4.78 is 13.1. The standard InChI is InChI=1S/C7H10FNS/c1-5-4-10-6(9-5)7(2,3)8/h4H,1-3H3. The number of aromatic nitrogens is 1. The van der Waals surface area contributed by atoms with E-state index >= 15 is 0 Å². The molecule has 0 bridgehead atoms. The molecule has 0 amide bonds. The summed E-state index contributed by atoms with van der Waals surface area (Å²) in [6, 6.07) is 0. The summed E-state index contributed by atoms with van der Waals surface area (Å²) in [5, 5.41) is 2.42. The van der Waals surface area contributed by atoms with Crippen molar-refractivity contribution >= 4 is 11.3 Å². The van der Waals surface area contributed by atoms with Crippen molar-refractivity contribution in [2.45, 2.75) is 26.4 Å².